The number of hydrogen-bond acceptors (Lipinski definition) is 0. The molecule has 2 rings (SSSR count). The Hall–Kier alpha value is -1.26. The third kappa shape index (κ3) is 2.44. The minimum absolute atomic E-state index is 0.139. The van der Waals surface area contributed by atoms with Crippen LogP contribution in [0.25, 0.3) is 0 Å². The standard InChI is InChI=1S/C18H24/c1-5-16-9-6-15(3)12-13-18(16,4)17-10-7-14(2)8-11-17/h7-8,10-11,15H,1,6,9,12-13H2,2-4H3. The van der Waals surface area contributed by atoms with Crippen molar-refractivity contribution in [3.63, 3.8) is 0 Å². The van der Waals surface area contributed by atoms with Crippen LogP contribution in [0.3, 0.4) is 0 Å². The van der Waals surface area contributed by atoms with Crippen molar-refractivity contribution in [3.8, 4) is 0 Å². The van der Waals surface area contributed by atoms with Gasteiger partial charge in [-0.3, -0.25) is 0 Å². The van der Waals surface area contributed by atoms with E-state index in [1.807, 2.05) is 0 Å². The molecule has 0 spiro atoms. The van der Waals surface area contributed by atoms with Crippen molar-refractivity contribution >= 4 is 0 Å². The average molecular weight is 240 g/mol. The highest BCUT2D eigenvalue weighted by atomic mass is 14.4. The number of allylic oxidation sites excluding steroid dienone is 1. The Labute approximate surface area is 111 Å². The van der Waals surface area contributed by atoms with Crippen LogP contribution in [0.15, 0.2) is 42.1 Å². The van der Waals surface area contributed by atoms with Gasteiger partial charge in [0.15, 0.2) is 0 Å². The van der Waals surface area contributed by atoms with Crippen molar-refractivity contribution in [2.75, 3.05) is 0 Å². The fourth-order valence-electron chi connectivity index (χ4n) is 3.02. The van der Waals surface area contributed by atoms with Crippen LogP contribution in [-0.4, -0.2) is 0 Å². The van der Waals surface area contributed by atoms with E-state index >= 15 is 0 Å². The fourth-order valence-corrected chi connectivity index (χ4v) is 3.02. The predicted molar refractivity (Wildman–Crippen MR) is 78.8 cm³/mol. The first-order valence-electron chi connectivity index (χ1n) is 7.03. The van der Waals surface area contributed by atoms with Gasteiger partial charge < -0.3 is 0 Å². The van der Waals surface area contributed by atoms with Gasteiger partial charge in [0.05, 0.1) is 0 Å². The highest BCUT2D eigenvalue weighted by molar-refractivity contribution is 5.37. The van der Waals surface area contributed by atoms with Gasteiger partial charge in [-0.15, -0.1) is 5.73 Å². The van der Waals surface area contributed by atoms with Crippen LogP contribution in [-0.2, 0) is 5.41 Å². The highest BCUT2D eigenvalue weighted by Crippen LogP contribution is 2.42. The molecule has 1 aliphatic carbocycles. The van der Waals surface area contributed by atoms with Gasteiger partial charge in [-0.05, 0) is 49.7 Å². The van der Waals surface area contributed by atoms with Gasteiger partial charge in [-0.1, -0.05) is 50.3 Å². The Morgan fingerprint density at radius 1 is 1.22 bits per heavy atom. The third-order valence-corrected chi connectivity index (χ3v) is 4.59. The van der Waals surface area contributed by atoms with Gasteiger partial charge in [0.25, 0.3) is 0 Å². The zero-order chi connectivity index (χ0) is 13.2. The lowest BCUT2D eigenvalue weighted by Gasteiger charge is -2.30. The number of hydrogen-bond donors (Lipinski definition) is 0. The summed E-state index contributed by atoms with van der Waals surface area (Å²) in [5.74, 6) is 0.820. The summed E-state index contributed by atoms with van der Waals surface area (Å²) in [7, 11) is 0. The molecular weight excluding hydrogens is 216 g/mol. The van der Waals surface area contributed by atoms with Crippen LogP contribution >= 0.6 is 0 Å². The van der Waals surface area contributed by atoms with Gasteiger partial charge in [0, 0.05) is 5.41 Å². The smallest absolute Gasteiger partial charge is 0.0209 e. The molecule has 0 radical (unpaired) electrons. The van der Waals surface area contributed by atoms with Gasteiger partial charge in [0.1, 0.15) is 0 Å². The van der Waals surface area contributed by atoms with Crippen LogP contribution in [0.4, 0.5) is 0 Å². The topological polar surface area (TPSA) is 0 Å². The Morgan fingerprint density at radius 3 is 2.50 bits per heavy atom. The van der Waals surface area contributed by atoms with Gasteiger partial charge in [-0.25, -0.2) is 0 Å². The number of benzene rings is 1. The molecule has 18 heavy (non-hydrogen) atoms. The molecule has 0 heteroatoms. The van der Waals surface area contributed by atoms with Crippen LogP contribution in [0.2, 0.25) is 0 Å². The van der Waals surface area contributed by atoms with E-state index in [0.29, 0.717) is 0 Å². The van der Waals surface area contributed by atoms with Gasteiger partial charge >= 0.3 is 0 Å². The van der Waals surface area contributed by atoms with E-state index < -0.39 is 0 Å². The summed E-state index contributed by atoms with van der Waals surface area (Å²) in [5, 5.41) is 0. The maximum absolute atomic E-state index is 3.93. The van der Waals surface area contributed by atoms with E-state index in [-0.39, 0.29) is 5.41 Å². The van der Waals surface area contributed by atoms with E-state index in [1.165, 1.54) is 36.0 Å². The Balaban J connectivity index is 2.42. The molecule has 0 nitrogen and oxygen atoms in total. The molecule has 1 fully saturated rings. The molecule has 1 saturated carbocycles. The van der Waals surface area contributed by atoms with Crippen molar-refractivity contribution in [2.45, 2.75) is 51.9 Å². The summed E-state index contributed by atoms with van der Waals surface area (Å²) < 4.78 is 0. The molecule has 0 bridgehead atoms. The Kier molecular flexibility index (Phi) is 3.78. The highest BCUT2D eigenvalue weighted by Gasteiger charge is 2.33. The van der Waals surface area contributed by atoms with Crippen LogP contribution < -0.4 is 0 Å². The van der Waals surface area contributed by atoms with Crippen molar-refractivity contribution < 1.29 is 0 Å². The summed E-state index contributed by atoms with van der Waals surface area (Å²) in [4.78, 5) is 0. The lowest BCUT2D eigenvalue weighted by atomic mass is 9.73. The maximum Gasteiger partial charge on any atom is 0.0209 e. The molecule has 0 aromatic heterocycles. The molecular formula is C18H24. The quantitative estimate of drug-likeness (QED) is 0.469. The van der Waals surface area contributed by atoms with Crippen molar-refractivity contribution in [3.05, 3.63) is 53.3 Å². The van der Waals surface area contributed by atoms with Crippen LogP contribution in [0.5, 0.6) is 0 Å². The molecule has 2 atom stereocenters. The lowest BCUT2D eigenvalue weighted by molar-refractivity contribution is 0.450. The first-order chi connectivity index (χ1) is 8.56. The molecule has 0 N–H and O–H groups in total. The predicted octanol–water partition coefficient (Wildman–Crippen LogP) is 5.17. The molecule has 0 saturated heterocycles. The lowest BCUT2D eigenvalue weighted by Crippen LogP contribution is -2.23. The number of aryl methyl sites for hydroxylation is 1. The van der Waals surface area contributed by atoms with Gasteiger partial charge in [-0.2, -0.15) is 0 Å². The second-order valence-electron chi connectivity index (χ2n) is 6.04. The van der Waals surface area contributed by atoms with E-state index in [4.69, 9.17) is 0 Å². The van der Waals surface area contributed by atoms with E-state index in [1.54, 1.807) is 0 Å². The molecule has 0 aliphatic heterocycles. The largest absolute Gasteiger partial charge is 0.129 e. The van der Waals surface area contributed by atoms with Gasteiger partial charge in [0.2, 0.25) is 0 Å². The summed E-state index contributed by atoms with van der Waals surface area (Å²) in [6.07, 6.45) is 4.94. The SMILES string of the molecule is C=C=C1CCC(C)CCC1(C)c1ccc(C)cc1. The van der Waals surface area contributed by atoms with E-state index in [9.17, 15) is 0 Å². The Morgan fingerprint density at radius 2 is 1.89 bits per heavy atom. The summed E-state index contributed by atoms with van der Waals surface area (Å²) in [6, 6.07) is 9.00. The first-order valence-corrected chi connectivity index (χ1v) is 7.03. The zero-order valence-corrected chi connectivity index (χ0v) is 11.9. The third-order valence-electron chi connectivity index (χ3n) is 4.59. The molecule has 2 unspecified atom stereocenters. The molecule has 1 aromatic rings. The molecule has 96 valence electrons. The van der Waals surface area contributed by atoms with Crippen molar-refractivity contribution in [2.24, 2.45) is 5.92 Å². The van der Waals surface area contributed by atoms with Crippen molar-refractivity contribution in [1.82, 2.24) is 0 Å². The van der Waals surface area contributed by atoms with E-state index in [0.717, 1.165) is 12.3 Å². The van der Waals surface area contributed by atoms with Crippen LogP contribution in [0, 0.1) is 12.8 Å². The first kappa shape index (κ1) is 13.2. The fraction of sp³-hybridized carbons (Fsp3) is 0.500. The molecule has 0 heterocycles. The summed E-state index contributed by atoms with van der Waals surface area (Å²) in [5.41, 5.74) is 7.52. The second-order valence-corrected chi connectivity index (χ2v) is 6.04. The monoisotopic (exact) mass is 240 g/mol. The summed E-state index contributed by atoms with van der Waals surface area (Å²) in [6.45, 7) is 10.8. The van der Waals surface area contributed by atoms with Crippen LogP contribution in [0.1, 0.15) is 50.7 Å². The second kappa shape index (κ2) is 5.16. The normalized spacial score (nSPS) is 28.6. The zero-order valence-electron chi connectivity index (χ0n) is 11.9. The maximum atomic E-state index is 3.93. The molecule has 1 aliphatic rings. The minimum atomic E-state index is 0.139. The minimum Gasteiger partial charge on any atom is -0.129 e. The number of rotatable bonds is 1. The summed E-state index contributed by atoms with van der Waals surface area (Å²) >= 11 is 0. The Bertz CT molecular complexity index is 459. The van der Waals surface area contributed by atoms with E-state index in [2.05, 4.69) is 57.3 Å². The average Bonchev–Trinajstić information content (AvgIpc) is 2.51. The molecule has 1 aromatic carbocycles. The van der Waals surface area contributed by atoms with Crippen molar-refractivity contribution in [1.29, 1.82) is 0 Å². The molecule has 0 amide bonds.